The Kier molecular flexibility index (Phi) is 6.19. The molecule has 1 heterocycles. The fraction of sp³-hybridized carbons (Fsp3) is 0.440. The van der Waals surface area contributed by atoms with Crippen molar-refractivity contribution < 1.29 is 9.18 Å². The van der Waals surface area contributed by atoms with Crippen LogP contribution in [0.5, 0.6) is 0 Å². The fourth-order valence-corrected chi connectivity index (χ4v) is 4.56. The van der Waals surface area contributed by atoms with Crippen LogP contribution in [-0.4, -0.2) is 28.0 Å². The number of carbonyl (C=O) groups excluding carboxylic acids is 1. The summed E-state index contributed by atoms with van der Waals surface area (Å²) in [5, 5.41) is 3.55. The Balaban J connectivity index is 1.32. The standard InChI is InChI=1S/C25H30FN5O/c26-21-14-16(15-27-17-6-2-1-3-7-17)12-13-19(21)24-28-22-11-5-10-20(23(22)29-24)25(32)31-30-18-8-4-9-18/h5,10-14,17-18,27,30H,1-4,6-9,15H2,(H,28,29)(H,31,32). The zero-order valence-corrected chi connectivity index (χ0v) is 18.2. The summed E-state index contributed by atoms with van der Waals surface area (Å²) in [6, 6.07) is 11.6. The summed E-state index contributed by atoms with van der Waals surface area (Å²) in [6.45, 7) is 0.667. The van der Waals surface area contributed by atoms with Gasteiger partial charge in [-0.15, -0.1) is 0 Å². The number of para-hydroxylation sites is 1. The number of nitrogens with one attached hydrogen (secondary N) is 4. The van der Waals surface area contributed by atoms with Crippen LogP contribution in [0.25, 0.3) is 22.4 Å². The first-order chi connectivity index (χ1) is 15.7. The van der Waals surface area contributed by atoms with Crippen LogP contribution < -0.4 is 16.2 Å². The molecular formula is C25H30FN5O. The molecule has 2 aliphatic carbocycles. The largest absolute Gasteiger partial charge is 0.338 e. The number of aromatic nitrogens is 2. The maximum absolute atomic E-state index is 15.0. The van der Waals surface area contributed by atoms with Crippen molar-refractivity contribution in [2.24, 2.45) is 0 Å². The van der Waals surface area contributed by atoms with Gasteiger partial charge < -0.3 is 10.3 Å². The summed E-state index contributed by atoms with van der Waals surface area (Å²) in [7, 11) is 0. The lowest BCUT2D eigenvalue weighted by molar-refractivity contribution is 0.0915. The lowest BCUT2D eigenvalue weighted by Gasteiger charge is -2.26. The van der Waals surface area contributed by atoms with Crippen molar-refractivity contribution in [3.8, 4) is 11.4 Å². The molecule has 1 amide bonds. The van der Waals surface area contributed by atoms with Gasteiger partial charge in [0.2, 0.25) is 0 Å². The molecule has 168 valence electrons. The smallest absolute Gasteiger partial charge is 0.267 e. The van der Waals surface area contributed by atoms with E-state index in [-0.39, 0.29) is 11.7 Å². The van der Waals surface area contributed by atoms with E-state index in [1.165, 1.54) is 38.5 Å². The highest BCUT2D eigenvalue weighted by molar-refractivity contribution is 6.05. The highest BCUT2D eigenvalue weighted by atomic mass is 19.1. The number of fused-ring (bicyclic) bond motifs is 1. The van der Waals surface area contributed by atoms with Gasteiger partial charge in [0.25, 0.3) is 5.91 Å². The zero-order chi connectivity index (χ0) is 21.9. The Labute approximate surface area is 187 Å². The highest BCUT2D eigenvalue weighted by Gasteiger charge is 2.20. The van der Waals surface area contributed by atoms with Crippen LogP contribution >= 0.6 is 0 Å². The molecule has 32 heavy (non-hydrogen) atoms. The molecule has 0 bridgehead atoms. The van der Waals surface area contributed by atoms with Crippen molar-refractivity contribution in [3.05, 3.63) is 53.3 Å². The van der Waals surface area contributed by atoms with E-state index >= 15 is 0 Å². The molecule has 0 unspecified atom stereocenters. The SMILES string of the molecule is O=C(NNC1CCC1)c1cccc2[nH]c(-c3ccc(CNC4CCCCC4)cc3F)nc12. The van der Waals surface area contributed by atoms with Crippen LogP contribution in [0.3, 0.4) is 0 Å². The maximum atomic E-state index is 15.0. The Morgan fingerprint density at radius 1 is 1.03 bits per heavy atom. The van der Waals surface area contributed by atoms with Gasteiger partial charge in [-0.1, -0.05) is 37.8 Å². The van der Waals surface area contributed by atoms with Gasteiger partial charge in [-0.3, -0.25) is 10.2 Å². The van der Waals surface area contributed by atoms with E-state index in [9.17, 15) is 9.18 Å². The maximum Gasteiger partial charge on any atom is 0.267 e. The third-order valence-corrected chi connectivity index (χ3v) is 6.74. The fourth-order valence-electron chi connectivity index (χ4n) is 4.56. The Bertz CT molecular complexity index is 1100. The zero-order valence-electron chi connectivity index (χ0n) is 18.2. The van der Waals surface area contributed by atoms with Gasteiger partial charge in [0, 0.05) is 18.6 Å². The number of nitrogens with zero attached hydrogens (tertiary/aromatic N) is 1. The van der Waals surface area contributed by atoms with Crippen LogP contribution in [0.15, 0.2) is 36.4 Å². The van der Waals surface area contributed by atoms with Crippen molar-refractivity contribution in [2.75, 3.05) is 0 Å². The summed E-state index contributed by atoms with van der Waals surface area (Å²) in [4.78, 5) is 20.4. The summed E-state index contributed by atoms with van der Waals surface area (Å²) >= 11 is 0. The molecule has 1 aromatic heterocycles. The number of aromatic amines is 1. The van der Waals surface area contributed by atoms with E-state index in [4.69, 9.17) is 0 Å². The minimum Gasteiger partial charge on any atom is -0.338 e. The molecular weight excluding hydrogens is 405 g/mol. The van der Waals surface area contributed by atoms with Gasteiger partial charge in [0.1, 0.15) is 17.2 Å². The van der Waals surface area contributed by atoms with E-state index in [0.29, 0.717) is 46.6 Å². The number of hydrogen-bond donors (Lipinski definition) is 4. The second-order valence-corrected chi connectivity index (χ2v) is 9.04. The predicted octanol–water partition coefficient (Wildman–Crippen LogP) is 4.58. The van der Waals surface area contributed by atoms with Crippen LogP contribution in [0.4, 0.5) is 4.39 Å². The molecule has 2 aromatic carbocycles. The van der Waals surface area contributed by atoms with Crippen molar-refractivity contribution in [1.82, 2.24) is 26.1 Å². The van der Waals surface area contributed by atoms with Crippen LogP contribution in [0.2, 0.25) is 0 Å². The molecule has 6 nitrogen and oxygen atoms in total. The molecule has 0 radical (unpaired) electrons. The van der Waals surface area contributed by atoms with Crippen molar-refractivity contribution in [1.29, 1.82) is 0 Å². The number of carbonyl (C=O) groups is 1. The summed E-state index contributed by atoms with van der Waals surface area (Å²) < 4.78 is 15.0. The molecule has 2 fully saturated rings. The number of benzene rings is 2. The number of rotatable bonds is 7. The second-order valence-electron chi connectivity index (χ2n) is 9.04. The number of imidazole rings is 1. The third kappa shape index (κ3) is 4.54. The molecule has 0 aliphatic heterocycles. The summed E-state index contributed by atoms with van der Waals surface area (Å²) in [6.07, 6.45) is 9.59. The number of hydrazine groups is 1. The van der Waals surface area contributed by atoms with Crippen molar-refractivity contribution >= 4 is 16.9 Å². The number of H-pyrrole nitrogens is 1. The Morgan fingerprint density at radius 2 is 1.84 bits per heavy atom. The molecule has 5 rings (SSSR count). The van der Waals surface area contributed by atoms with Gasteiger partial charge in [0.05, 0.1) is 16.6 Å². The van der Waals surface area contributed by atoms with Gasteiger partial charge in [-0.05, 0) is 55.5 Å². The topological polar surface area (TPSA) is 81.8 Å². The number of hydrogen-bond acceptors (Lipinski definition) is 4. The Morgan fingerprint density at radius 3 is 2.59 bits per heavy atom. The van der Waals surface area contributed by atoms with E-state index < -0.39 is 0 Å². The van der Waals surface area contributed by atoms with Crippen LogP contribution in [0.1, 0.15) is 67.3 Å². The summed E-state index contributed by atoms with van der Waals surface area (Å²) in [5.74, 6) is -0.119. The minimum absolute atomic E-state index is 0.231. The minimum atomic E-state index is -0.315. The monoisotopic (exact) mass is 435 g/mol. The highest BCUT2D eigenvalue weighted by Crippen LogP contribution is 2.26. The molecule has 4 N–H and O–H groups in total. The van der Waals surface area contributed by atoms with Gasteiger partial charge in [-0.2, -0.15) is 0 Å². The van der Waals surface area contributed by atoms with E-state index in [1.807, 2.05) is 12.1 Å². The van der Waals surface area contributed by atoms with E-state index in [0.717, 1.165) is 18.4 Å². The first-order valence-electron chi connectivity index (χ1n) is 11.7. The Hall–Kier alpha value is -2.77. The van der Waals surface area contributed by atoms with Crippen LogP contribution in [0, 0.1) is 5.82 Å². The van der Waals surface area contributed by atoms with E-state index in [2.05, 4.69) is 26.1 Å². The van der Waals surface area contributed by atoms with Gasteiger partial charge >= 0.3 is 0 Å². The van der Waals surface area contributed by atoms with Crippen LogP contribution in [-0.2, 0) is 6.54 Å². The normalized spacial score (nSPS) is 17.4. The predicted molar refractivity (Wildman–Crippen MR) is 123 cm³/mol. The van der Waals surface area contributed by atoms with Gasteiger partial charge in [0.15, 0.2) is 0 Å². The van der Waals surface area contributed by atoms with Crippen molar-refractivity contribution in [3.63, 3.8) is 0 Å². The van der Waals surface area contributed by atoms with Crippen molar-refractivity contribution in [2.45, 2.75) is 70.0 Å². The molecule has 3 aromatic rings. The second kappa shape index (κ2) is 9.38. The number of amides is 1. The average Bonchev–Trinajstić information content (AvgIpc) is 3.21. The molecule has 0 spiro atoms. The van der Waals surface area contributed by atoms with E-state index in [1.54, 1.807) is 24.3 Å². The first kappa shape index (κ1) is 21.1. The summed E-state index contributed by atoms with van der Waals surface area (Å²) in [5.41, 5.74) is 8.89. The lowest BCUT2D eigenvalue weighted by Crippen LogP contribution is -2.47. The first-order valence-corrected chi connectivity index (χ1v) is 11.7. The third-order valence-electron chi connectivity index (χ3n) is 6.74. The quantitative estimate of drug-likeness (QED) is 0.410. The lowest BCUT2D eigenvalue weighted by atomic mass is 9.94. The molecule has 2 aliphatic rings. The van der Waals surface area contributed by atoms with Gasteiger partial charge in [-0.25, -0.2) is 14.8 Å². The molecule has 0 atom stereocenters. The molecule has 2 saturated carbocycles. The average molecular weight is 436 g/mol. The molecule has 0 saturated heterocycles. The molecule has 7 heteroatoms. The number of halogens is 1.